The maximum atomic E-state index is 10.7. The number of carbonyl (C=O) groups is 2. The molecule has 0 saturated heterocycles. The van der Waals surface area contributed by atoms with Crippen molar-refractivity contribution in [3.63, 3.8) is 0 Å². The first-order valence-corrected chi connectivity index (χ1v) is 5.24. The maximum Gasteiger partial charge on any atom is 0.321 e. The highest BCUT2D eigenvalue weighted by Gasteiger charge is 2.24. The molecule has 0 bridgehead atoms. The van der Waals surface area contributed by atoms with E-state index in [-0.39, 0.29) is 11.7 Å². The van der Waals surface area contributed by atoms with E-state index in [1.807, 2.05) is 0 Å². The third-order valence-electron chi connectivity index (χ3n) is 1.62. The fourth-order valence-electron chi connectivity index (χ4n) is 0.828. The molecule has 0 aliphatic heterocycles. The molecule has 4 N–H and O–H groups in total. The lowest BCUT2D eigenvalue weighted by Crippen LogP contribution is -2.34. The summed E-state index contributed by atoms with van der Waals surface area (Å²) in [6.07, 6.45) is 0. The van der Waals surface area contributed by atoms with Gasteiger partial charge in [0.05, 0.1) is 0 Å². The number of aliphatic carboxylic acids is 2. The molecule has 0 fully saturated rings. The highest BCUT2D eigenvalue weighted by Crippen LogP contribution is 2.20. The summed E-state index contributed by atoms with van der Waals surface area (Å²) in [6.45, 7) is 3.55. The van der Waals surface area contributed by atoms with Crippen LogP contribution in [0.4, 0.5) is 0 Å². The van der Waals surface area contributed by atoms with Crippen molar-refractivity contribution in [1.82, 2.24) is 0 Å². The molecule has 0 aromatic rings. The first kappa shape index (κ1) is 13.2. The van der Waals surface area contributed by atoms with Crippen LogP contribution in [0.25, 0.3) is 0 Å². The fourth-order valence-corrected chi connectivity index (χ4v) is 1.91. The van der Waals surface area contributed by atoms with E-state index in [1.54, 1.807) is 13.8 Å². The van der Waals surface area contributed by atoms with E-state index in [1.165, 1.54) is 0 Å². The second-order valence-corrected chi connectivity index (χ2v) is 4.46. The highest BCUT2D eigenvalue weighted by molar-refractivity contribution is 8.00. The van der Waals surface area contributed by atoms with Crippen LogP contribution in [0.2, 0.25) is 0 Å². The standard InChI is InChI=1S/C8H15NO4S/c1-4(2)6(8(12)13)14-3-5(9)7(10)11/h4-6H,3,9H2,1-2H3,(H,10,11)(H,12,13)/t5-,6?/m0/s1. The predicted octanol–water partition coefficient (Wildman–Crippen LogP) is 0.241. The van der Waals surface area contributed by atoms with Gasteiger partial charge in [0.1, 0.15) is 11.3 Å². The molecule has 0 heterocycles. The smallest absolute Gasteiger partial charge is 0.321 e. The minimum atomic E-state index is -1.11. The lowest BCUT2D eigenvalue weighted by Gasteiger charge is -2.16. The summed E-state index contributed by atoms with van der Waals surface area (Å²) in [4.78, 5) is 21.1. The number of carboxylic acids is 2. The van der Waals surface area contributed by atoms with Crippen LogP contribution in [0.3, 0.4) is 0 Å². The van der Waals surface area contributed by atoms with Crippen LogP contribution in [-0.4, -0.2) is 39.2 Å². The molecule has 14 heavy (non-hydrogen) atoms. The molecule has 0 amide bonds. The Bertz CT molecular complexity index is 219. The van der Waals surface area contributed by atoms with Crippen LogP contribution in [0.1, 0.15) is 13.8 Å². The largest absolute Gasteiger partial charge is 0.480 e. The SMILES string of the molecule is CC(C)C(SC[C@H](N)C(=O)O)C(=O)O. The van der Waals surface area contributed by atoms with Crippen molar-refractivity contribution in [2.24, 2.45) is 11.7 Å². The summed E-state index contributed by atoms with van der Waals surface area (Å²) in [5.41, 5.74) is 5.25. The van der Waals surface area contributed by atoms with Gasteiger partial charge in [-0.15, -0.1) is 11.8 Å². The van der Waals surface area contributed by atoms with Gasteiger partial charge in [-0.1, -0.05) is 13.8 Å². The van der Waals surface area contributed by atoms with Gasteiger partial charge in [-0.3, -0.25) is 9.59 Å². The molecule has 82 valence electrons. The molecular formula is C8H15NO4S. The normalized spacial score (nSPS) is 15.1. The lowest BCUT2D eigenvalue weighted by molar-refractivity contribution is -0.138. The molecule has 0 aliphatic carbocycles. The summed E-state index contributed by atoms with van der Waals surface area (Å²) in [5.74, 6) is -1.96. The van der Waals surface area contributed by atoms with E-state index in [9.17, 15) is 9.59 Å². The minimum Gasteiger partial charge on any atom is -0.480 e. The van der Waals surface area contributed by atoms with Gasteiger partial charge in [0.25, 0.3) is 0 Å². The topological polar surface area (TPSA) is 101 Å². The monoisotopic (exact) mass is 221 g/mol. The number of nitrogens with two attached hydrogens (primary N) is 1. The molecule has 0 radical (unpaired) electrons. The third kappa shape index (κ3) is 4.48. The molecule has 0 spiro atoms. The van der Waals surface area contributed by atoms with Crippen molar-refractivity contribution in [1.29, 1.82) is 0 Å². The first-order valence-electron chi connectivity index (χ1n) is 4.19. The zero-order chi connectivity index (χ0) is 11.3. The Labute approximate surface area is 86.7 Å². The molecule has 5 nitrogen and oxygen atoms in total. The van der Waals surface area contributed by atoms with Crippen LogP contribution in [0.15, 0.2) is 0 Å². The van der Waals surface area contributed by atoms with Crippen LogP contribution < -0.4 is 5.73 Å². The third-order valence-corrected chi connectivity index (χ3v) is 3.28. The zero-order valence-corrected chi connectivity index (χ0v) is 8.95. The molecule has 1 unspecified atom stereocenters. The van der Waals surface area contributed by atoms with Crippen LogP contribution in [0, 0.1) is 5.92 Å². The van der Waals surface area contributed by atoms with Crippen molar-refractivity contribution < 1.29 is 19.8 Å². The van der Waals surface area contributed by atoms with E-state index >= 15 is 0 Å². The van der Waals surface area contributed by atoms with Crippen molar-refractivity contribution in [2.75, 3.05) is 5.75 Å². The minimum absolute atomic E-state index is 0.0431. The molecule has 0 rings (SSSR count). The maximum absolute atomic E-state index is 10.7. The Morgan fingerprint density at radius 3 is 2.07 bits per heavy atom. The van der Waals surface area contributed by atoms with Gasteiger partial charge in [-0.05, 0) is 5.92 Å². The molecule has 0 aromatic heterocycles. The Kier molecular flexibility index (Phi) is 5.56. The highest BCUT2D eigenvalue weighted by atomic mass is 32.2. The van der Waals surface area contributed by atoms with E-state index in [2.05, 4.69) is 0 Å². The number of thioether (sulfide) groups is 1. The summed E-state index contributed by atoms with van der Waals surface area (Å²) < 4.78 is 0. The average molecular weight is 221 g/mol. The summed E-state index contributed by atoms with van der Waals surface area (Å²) in [5, 5.41) is 16.7. The average Bonchev–Trinajstić information content (AvgIpc) is 2.02. The second-order valence-electron chi connectivity index (χ2n) is 3.28. The number of carboxylic acid groups (broad SMARTS) is 2. The molecule has 6 heteroatoms. The van der Waals surface area contributed by atoms with E-state index in [0.29, 0.717) is 0 Å². The van der Waals surface area contributed by atoms with Gasteiger partial charge < -0.3 is 15.9 Å². The van der Waals surface area contributed by atoms with Crippen molar-refractivity contribution in [3.05, 3.63) is 0 Å². The number of hydrogen-bond acceptors (Lipinski definition) is 4. The van der Waals surface area contributed by atoms with Crippen LogP contribution in [0.5, 0.6) is 0 Å². The quantitative estimate of drug-likeness (QED) is 0.594. The molecule has 2 atom stereocenters. The molecule has 0 aliphatic rings. The zero-order valence-electron chi connectivity index (χ0n) is 8.14. The van der Waals surface area contributed by atoms with Gasteiger partial charge in [0.15, 0.2) is 0 Å². The fraction of sp³-hybridized carbons (Fsp3) is 0.750. The Morgan fingerprint density at radius 1 is 1.29 bits per heavy atom. The van der Waals surface area contributed by atoms with Crippen molar-refractivity contribution in [3.8, 4) is 0 Å². The van der Waals surface area contributed by atoms with Crippen LogP contribution in [-0.2, 0) is 9.59 Å². The Hall–Kier alpha value is -0.750. The molecular weight excluding hydrogens is 206 g/mol. The van der Waals surface area contributed by atoms with E-state index < -0.39 is 23.2 Å². The van der Waals surface area contributed by atoms with Crippen LogP contribution >= 0.6 is 11.8 Å². The Morgan fingerprint density at radius 2 is 1.79 bits per heavy atom. The van der Waals surface area contributed by atoms with Gasteiger partial charge in [0.2, 0.25) is 0 Å². The first-order chi connectivity index (χ1) is 6.36. The summed E-state index contributed by atoms with van der Waals surface area (Å²) in [6, 6.07) is -0.999. The summed E-state index contributed by atoms with van der Waals surface area (Å²) in [7, 11) is 0. The van der Waals surface area contributed by atoms with Gasteiger partial charge in [0, 0.05) is 5.75 Å². The number of rotatable bonds is 6. The lowest BCUT2D eigenvalue weighted by atomic mass is 10.1. The number of hydrogen-bond donors (Lipinski definition) is 3. The van der Waals surface area contributed by atoms with Crippen molar-refractivity contribution >= 4 is 23.7 Å². The predicted molar refractivity (Wildman–Crippen MR) is 54.3 cm³/mol. The Balaban J connectivity index is 4.07. The van der Waals surface area contributed by atoms with Gasteiger partial charge in [-0.2, -0.15) is 0 Å². The van der Waals surface area contributed by atoms with E-state index in [4.69, 9.17) is 15.9 Å². The molecule has 0 aromatic carbocycles. The van der Waals surface area contributed by atoms with E-state index in [0.717, 1.165) is 11.8 Å². The second kappa shape index (κ2) is 5.87. The molecule has 0 saturated carbocycles. The summed E-state index contributed by atoms with van der Waals surface area (Å²) >= 11 is 1.07. The van der Waals surface area contributed by atoms with Gasteiger partial charge in [-0.25, -0.2) is 0 Å². The van der Waals surface area contributed by atoms with Gasteiger partial charge >= 0.3 is 11.9 Å². The van der Waals surface area contributed by atoms with Crippen molar-refractivity contribution in [2.45, 2.75) is 25.1 Å².